The molecule has 0 aliphatic rings. The van der Waals surface area contributed by atoms with Crippen LogP contribution in [0.2, 0.25) is 0 Å². The first-order chi connectivity index (χ1) is 10.1. The van der Waals surface area contributed by atoms with Crippen LogP contribution in [0.1, 0.15) is 30.9 Å². The van der Waals surface area contributed by atoms with Crippen LogP contribution in [-0.2, 0) is 14.3 Å². The van der Waals surface area contributed by atoms with Crippen molar-refractivity contribution in [3.05, 3.63) is 35.9 Å². The van der Waals surface area contributed by atoms with Gasteiger partial charge >= 0.3 is 5.97 Å². The molecule has 0 bridgehead atoms. The van der Waals surface area contributed by atoms with Crippen molar-refractivity contribution >= 4 is 11.9 Å². The van der Waals surface area contributed by atoms with Gasteiger partial charge in [0.05, 0.1) is 0 Å². The molecule has 1 aromatic rings. The predicted octanol–water partition coefficient (Wildman–Crippen LogP) is 1.75. The number of nitrogens with one attached hydrogen (secondary N) is 1. The summed E-state index contributed by atoms with van der Waals surface area (Å²) >= 11 is 0. The highest BCUT2D eigenvalue weighted by Gasteiger charge is 2.25. The molecule has 0 aliphatic carbocycles. The molecule has 0 unspecified atom stereocenters. The monoisotopic (exact) mass is 289 g/mol. The molecule has 2 atom stereocenters. The zero-order valence-corrected chi connectivity index (χ0v) is 11.9. The van der Waals surface area contributed by atoms with Gasteiger partial charge < -0.3 is 15.2 Å². The van der Waals surface area contributed by atoms with Crippen molar-refractivity contribution in [2.75, 3.05) is 7.11 Å². The summed E-state index contributed by atoms with van der Waals surface area (Å²) in [7, 11) is 1.41. The van der Waals surface area contributed by atoms with E-state index in [-0.39, 0.29) is 6.42 Å². The molecule has 2 N–H and O–H groups in total. The van der Waals surface area contributed by atoms with E-state index in [9.17, 15) is 9.59 Å². The Morgan fingerprint density at radius 1 is 1.38 bits per heavy atom. The maximum atomic E-state index is 12.2. The number of carbonyl (C=O) groups is 2. The molecular weight excluding hydrogens is 270 g/mol. The molecule has 0 radical (unpaired) electrons. The van der Waals surface area contributed by atoms with Gasteiger partial charge in [0.15, 0.2) is 6.10 Å². The van der Waals surface area contributed by atoms with E-state index in [1.807, 2.05) is 6.07 Å². The first kappa shape index (κ1) is 16.7. The van der Waals surface area contributed by atoms with Crippen molar-refractivity contribution < 1.29 is 19.4 Å². The van der Waals surface area contributed by atoms with Gasteiger partial charge in [-0.1, -0.05) is 30.3 Å². The number of rotatable bonds is 8. The normalized spacial score (nSPS) is 13.0. The summed E-state index contributed by atoms with van der Waals surface area (Å²) in [5, 5.41) is 11.6. The molecule has 1 amide bonds. The van der Waals surface area contributed by atoms with Gasteiger partial charge in [-0.3, -0.25) is 4.79 Å². The number of carboxylic acid groups (broad SMARTS) is 1. The average Bonchev–Trinajstić information content (AvgIpc) is 2.48. The SMILES string of the molecule is C#CCCC[C@@H](NC(=O)[C@@H](OC)c1ccccc1)C(=O)O. The fourth-order valence-electron chi connectivity index (χ4n) is 1.94. The maximum Gasteiger partial charge on any atom is 0.326 e. The fourth-order valence-corrected chi connectivity index (χ4v) is 1.94. The van der Waals surface area contributed by atoms with E-state index >= 15 is 0 Å². The van der Waals surface area contributed by atoms with Crippen molar-refractivity contribution in [2.45, 2.75) is 31.4 Å². The van der Waals surface area contributed by atoms with Crippen molar-refractivity contribution in [1.29, 1.82) is 0 Å². The molecule has 0 fully saturated rings. The summed E-state index contributed by atoms with van der Waals surface area (Å²) in [6, 6.07) is 7.94. The Morgan fingerprint density at radius 3 is 2.57 bits per heavy atom. The van der Waals surface area contributed by atoms with Crippen LogP contribution in [0.25, 0.3) is 0 Å². The minimum Gasteiger partial charge on any atom is -0.480 e. The number of methoxy groups -OCH3 is 1. The van der Waals surface area contributed by atoms with Crippen LogP contribution in [-0.4, -0.2) is 30.1 Å². The van der Waals surface area contributed by atoms with E-state index in [1.54, 1.807) is 24.3 Å². The van der Waals surface area contributed by atoms with E-state index in [2.05, 4.69) is 11.2 Å². The third-order valence-corrected chi connectivity index (χ3v) is 3.00. The second-order valence-corrected chi connectivity index (χ2v) is 4.52. The van der Waals surface area contributed by atoms with Crippen LogP contribution in [0, 0.1) is 12.3 Å². The molecule has 1 aromatic carbocycles. The van der Waals surface area contributed by atoms with Crippen LogP contribution >= 0.6 is 0 Å². The molecule has 0 spiro atoms. The second kappa shape index (κ2) is 8.77. The Bertz CT molecular complexity index is 507. The molecule has 112 valence electrons. The summed E-state index contributed by atoms with van der Waals surface area (Å²) in [6.45, 7) is 0. The molecule has 0 heterocycles. The van der Waals surface area contributed by atoms with Gasteiger partial charge in [-0.15, -0.1) is 12.3 Å². The lowest BCUT2D eigenvalue weighted by Gasteiger charge is -2.19. The number of amides is 1. The van der Waals surface area contributed by atoms with Crippen LogP contribution in [0.5, 0.6) is 0 Å². The third-order valence-electron chi connectivity index (χ3n) is 3.00. The maximum absolute atomic E-state index is 12.2. The smallest absolute Gasteiger partial charge is 0.326 e. The van der Waals surface area contributed by atoms with E-state index in [1.165, 1.54) is 7.11 Å². The minimum atomic E-state index is -1.08. The predicted molar refractivity (Wildman–Crippen MR) is 78.4 cm³/mol. The number of unbranched alkanes of at least 4 members (excludes halogenated alkanes) is 1. The standard InChI is InChI=1S/C16H19NO4/c1-3-4-6-11-13(16(19)20)17-15(18)14(21-2)12-9-7-5-8-10-12/h1,5,7-10,13-14H,4,6,11H2,2H3,(H,17,18)(H,19,20)/t13-,14+/m1/s1. The lowest BCUT2D eigenvalue weighted by atomic mass is 10.1. The van der Waals surface area contributed by atoms with Crippen LogP contribution in [0.4, 0.5) is 0 Å². The van der Waals surface area contributed by atoms with Gasteiger partial charge in [-0.25, -0.2) is 4.79 Å². The van der Waals surface area contributed by atoms with Gasteiger partial charge in [0, 0.05) is 13.5 Å². The van der Waals surface area contributed by atoms with Crippen molar-refractivity contribution in [1.82, 2.24) is 5.32 Å². The summed E-state index contributed by atoms with van der Waals surface area (Å²) in [4.78, 5) is 23.4. The highest BCUT2D eigenvalue weighted by Crippen LogP contribution is 2.16. The third kappa shape index (κ3) is 5.28. The van der Waals surface area contributed by atoms with Gasteiger partial charge in [-0.2, -0.15) is 0 Å². The number of hydrogen-bond acceptors (Lipinski definition) is 3. The molecule has 1 rings (SSSR count). The lowest BCUT2D eigenvalue weighted by Crippen LogP contribution is -2.43. The van der Waals surface area contributed by atoms with E-state index in [4.69, 9.17) is 16.3 Å². The van der Waals surface area contributed by atoms with E-state index < -0.39 is 24.0 Å². The molecule has 5 nitrogen and oxygen atoms in total. The Labute approximate surface area is 124 Å². The largest absolute Gasteiger partial charge is 0.480 e. The number of benzene rings is 1. The number of carbonyl (C=O) groups excluding carboxylic acids is 1. The van der Waals surface area contributed by atoms with E-state index in [0.717, 1.165) is 0 Å². The van der Waals surface area contributed by atoms with Gasteiger partial charge in [-0.05, 0) is 18.4 Å². The first-order valence-electron chi connectivity index (χ1n) is 6.64. The van der Waals surface area contributed by atoms with Crippen LogP contribution in [0.15, 0.2) is 30.3 Å². The van der Waals surface area contributed by atoms with Crippen LogP contribution in [0.3, 0.4) is 0 Å². The van der Waals surface area contributed by atoms with Gasteiger partial charge in [0.1, 0.15) is 6.04 Å². The summed E-state index contributed by atoms with van der Waals surface area (Å²) in [5.41, 5.74) is 0.672. The molecule has 0 saturated heterocycles. The van der Waals surface area contributed by atoms with Crippen molar-refractivity contribution in [3.8, 4) is 12.3 Å². The van der Waals surface area contributed by atoms with Crippen LogP contribution < -0.4 is 5.32 Å². The topological polar surface area (TPSA) is 75.6 Å². The van der Waals surface area contributed by atoms with Gasteiger partial charge in [0.25, 0.3) is 5.91 Å². The molecule has 0 saturated carbocycles. The Morgan fingerprint density at radius 2 is 2.05 bits per heavy atom. The highest BCUT2D eigenvalue weighted by atomic mass is 16.5. The zero-order chi connectivity index (χ0) is 15.7. The first-order valence-corrected chi connectivity index (χ1v) is 6.64. The molecule has 0 aromatic heterocycles. The van der Waals surface area contributed by atoms with E-state index in [0.29, 0.717) is 18.4 Å². The number of aliphatic carboxylic acids is 1. The second-order valence-electron chi connectivity index (χ2n) is 4.52. The number of ether oxygens (including phenoxy) is 1. The van der Waals surface area contributed by atoms with Crippen molar-refractivity contribution in [3.63, 3.8) is 0 Å². The summed E-state index contributed by atoms with van der Waals surface area (Å²) in [5.74, 6) is 0.889. The highest BCUT2D eigenvalue weighted by molar-refractivity contribution is 5.87. The molecular formula is C16H19NO4. The Balaban J connectivity index is 2.71. The van der Waals surface area contributed by atoms with Gasteiger partial charge in [0.2, 0.25) is 0 Å². The quantitative estimate of drug-likeness (QED) is 0.564. The Hall–Kier alpha value is -2.32. The summed E-state index contributed by atoms with van der Waals surface area (Å²) < 4.78 is 5.17. The zero-order valence-electron chi connectivity index (χ0n) is 11.9. The number of hydrogen-bond donors (Lipinski definition) is 2. The lowest BCUT2D eigenvalue weighted by molar-refractivity contribution is -0.144. The number of carboxylic acids is 1. The molecule has 0 aliphatic heterocycles. The average molecular weight is 289 g/mol. The van der Waals surface area contributed by atoms with Crippen molar-refractivity contribution in [2.24, 2.45) is 0 Å². The summed E-state index contributed by atoms with van der Waals surface area (Å²) in [6.07, 6.45) is 5.61. The molecule has 21 heavy (non-hydrogen) atoms. The Kier molecular flexibility index (Phi) is 6.99. The fraction of sp³-hybridized carbons (Fsp3) is 0.375. The minimum absolute atomic E-state index is 0.288. The molecule has 5 heteroatoms. The number of terminal acetylenes is 1.